The van der Waals surface area contributed by atoms with Gasteiger partial charge < -0.3 is 10.6 Å². The second-order valence-corrected chi connectivity index (χ2v) is 6.06. The van der Waals surface area contributed by atoms with E-state index >= 15 is 0 Å². The van der Waals surface area contributed by atoms with Crippen molar-refractivity contribution in [3.8, 4) is 11.4 Å². The lowest BCUT2D eigenvalue weighted by atomic mass is 10.2. The van der Waals surface area contributed by atoms with E-state index in [0.29, 0.717) is 29.5 Å². The van der Waals surface area contributed by atoms with Crippen LogP contribution < -0.4 is 10.6 Å². The van der Waals surface area contributed by atoms with E-state index in [4.69, 9.17) is 11.6 Å². The first-order chi connectivity index (χ1) is 13.1. The third kappa shape index (κ3) is 5.35. The zero-order valence-corrected chi connectivity index (χ0v) is 15.1. The molecule has 9 heteroatoms. The number of carbonyl (C=O) groups excluding carboxylic acids is 2. The Bertz CT molecular complexity index is 911. The summed E-state index contributed by atoms with van der Waals surface area (Å²) in [7, 11) is 0. The monoisotopic (exact) mass is 384 g/mol. The number of nitrogens with zero attached hydrogens (tertiary/aromatic N) is 4. The number of rotatable bonds is 7. The summed E-state index contributed by atoms with van der Waals surface area (Å²) in [5, 5.41) is 18.0. The SMILES string of the molecule is O=C(Cn1nnc(-c2ccccc2)n1)NCCNC(=O)c1ccc(Cl)cc1. The van der Waals surface area contributed by atoms with Gasteiger partial charge in [-0.25, -0.2) is 0 Å². The van der Waals surface area contributed by atoms with Gasteiger partial charge in [-0.2, -0.15) is 4.80 Å². The molecule has 0 bridgehead atoms. The standard InChI is InChI=1S/C18H17ClN6O2/c19-15-8-6-14(7-9-15)18(27)21-11-10-20-16(26)12-25-23-17(22-24-25)13-4-2-1-3-5-13/h1-9H,10-12H2,(H,20,26)(H,21,27). The second kappa shape index (κ2) is 8.91. The molecule has 2 amide bonds. The highest BCUT2D eigenvalue weighted by molar-refractivity contribution is 6.30. The summed E-state index contributed by atoms with van der Waals surface area (Å²) in [4.78, 5) is 25.1. The van der Waals surface area contributed by atoms with Gasteiger partial charge in [-0.1, -0.05) is 41.9 Å². The summed E-state index contributed by atoms with van der Waals surface area (Å²) < 4.78 is 0. The molecule has 0 fully saturated rings. The molecule has 8 nitrogen and oxygen atoms in total. The first-order valence-electron chi connectivity index (χ1n) is 8.25. The molecule has 3 aromatic rings. The van der Waals surface area contributed by atoms with E-state index in [9.17, 15) is 9.59 Å². The van der Waals surface area contributed by atoms with E-state index in [1.54, 1.807) is 24.3 Å². The summed E-state index contributed by atoms with van der Waals surface area (Å²) in [6.45, 7) is 0.538. The maximum absolute atomic E-state index is 11.9. The van der Waals surface area contributed by atoms with Gasteiger partial charge in [0.05, 0.1) is 0 Å². The van der Waals surface area contributed by atoms with Gasteiger partial charge in [0.25, 0.3) is 5.91 Å². The molecule has 0 unspecified atom stereocenters. The lowest BCUT2D eigenvalue weighted by molar-refractivity contribution is -0.122. The highest BCUT2D eigenvalue weighted by atomic mass is 35.5. The summed E-state index contributed by atoms with van der Waals surface area (Å²) in [6, 6.07) is 15.9. The summed E-state index contributed by atoms with van der Waals surface area (Å²) in [5.41, 5.74) is 1.33. The van der Waals surface area contributed by atoms with Gasteiger partial charge in [0.2, 0.25) is 11.7 Å². The molecule has 138 valence electrons. The van der Waals surface area contributed by atoms with E-state index in [1.807, 2.05) is 30.3 Å². The largest absolute Gasteiger partial charge is 0.353 e. The third-order valence-corrected chi connectivity index (χ3v) is 3.86. The Morgan fingerprint density at radius 1 is 0.963 bits per heavy atom. The van der Waals surface area contributed by atoms with Crippen molar-refractivity contribution in [2.75, 3.05) is 13.1 Å². The number of hydrogen-bond acceptors (Lipinski definition) is 5. The minimum absolute atomic E-state index is 0.0506. The maximum atomic E-state index is 11.9. The van der Waals surface area contributed by atoms with Crippen molar-refractivity contribution in [3.63, 3.8) is 0 Å². The quantitative estimate of drug-likeness (QED) is 0.601. The van der Waals surface area contributed by atoms with E-state index in [0.717, 1.165) is 5.56 Å². The van der Waals surface area contributed by atoms with Crippen LogP contribution in [0.4, 0.5) is 0 Å². The number of amides is 2. The van der Waals surface area contributed by atoms with Gasteiger partial charge in [-0.15, -0.1) is 10.2 Å². The molecule has 2 aromatic carbocycles. The van der Waals surface area contributed by atoms with Gasteiger partial charge in [0.1, 0.15) is 6.54 Å². The second-order valence-electron chi connectivity index (χ2n) is 5.62. The van der Waals surface area contributed by atoms with Gasteiger partial charge in [-0.3, -0.25) is 9.59 Å². The molecule has 0 aliphatic carbocycles. The molecule has 0 saturated heterocycles. The zero-order valence-electron chi connectivity index (χ0n) is 14.3. The van der Waals surface area contributed by atoms with Crippen LogP contribution in [0.5, 0.6) is 0 Å². The Kier molecular flexibility index (Phi) is 6.11. The Morgan fingerprint density at radius 3 is 2.41 bits per heavy atom. The molecule has 1 aromatic heterocycles. The van der Waals surface area contributed by atoms with Crippen molar-refractivity contribution in [2.45, 2.75) is 6.54 Å². The van der Waals surface area contributed by atoms with Crippen LogP contribution in [0, 0.1) is 0 Å². The number of tetrazole rings is 1. The highest BCUT2D eigenvalue weighted by Crippen LogP contribution is 2.11. The van der Waals surface area contributed by atoms with Crippen molar-refractivity contribution < 1.29 is 9.59 Å². The lowest BCUT2D eigenvalue weighted by Crippen LogP contribution is -2.36. The van der Waals surface area contributed by atoms with E-state index in [-0.39, 0.29) is 18.4 Å². The van der Waals surface area contributed by atoms with Crippen molar-refractivity contribution >= 4 is 23.4 Å². The molecule has 3 rings (SSSR count). The summed E-state index contributed by atoms with van der Waals surface area (Å²) in [5.74, 6) is -0.0438. The van der Waals surface area contributed by atoms with Crippen LogP contribution in [0.25, 0.3) is 11.4 Å². The van der Waals surface area contributed by atoms with Crippen LogP contribution in [-0.2, 0) is 11.3 Å². The van der Waals surface area contributed by atoms with Gasteiger partial charge in [0.15, 0.2) is 0 Å². The molecule has 0 spiro atoms. The highest BCUT2D eigenvalue weighted by Gasteiger charge is 2.09. The molecule has 0 aliphatic rings. The number of aromatic nitrogens is 4. The van der Waals surface area contributed by atoms with Crippen molar-refractivity contribution in [2.24, 2.45) is 0 Å². The van der Waals surface area contributed by atoms with Crippen molar-refractivity contribution in [1.82, 2.24) is 30.8 Å². The Balaban J connectivity index is 1.40. The first-order valence-corrected chi connectivity index (χ1v) is 8.63. The van der Waals surface area contributed by atoms with Crippen LogP contribution >= 0.6 is 11.6 Å². The minimum atomic E-state index is -0.271. The number of benzene rings is 2. The molecule has 27 heavy (non-hydrogen) atoms. The van der Waals surface area contributed by atoms with Crippen LogP contribution in [0.3, 0.4) is 0 Å². The topological polar surface area (TPSA) is 102 Å². The van der Waals surface area contributed by atoms with Crippen LogP contribution in [0.1, 0.15) is 10.4 Å². The average molecular weight is 385 g/mol. The first kappa shape index (κ1) is 18.5. The van der Waals surface area contributed by atoms with Crippen LogP contribution in [0.2, 0.25) is 5.02 Å². The smallest absolute Gasteiger partial charge is 0.251 e. The minimum Gasteiger partial charge on any atom is -0.353 e. The predicted octanol–water partition coefficient (Wildman–Crippen LogP) is 1.54. The Hall–Kier alpha value is -3.26. The molecular formula is C18H17ClN6O2. The molecule has 0 aliphatic heterocycles. The van der Waals surface area contributed by atoms with Crippen molar-refractivity contribution in [1.29, 1.82) is 0 Å². The van der Waals surface area contributed by atoms with E-state index in [1.165, 1.54) is 4.80 Å². The fraction of sp³-hybridized carbons (Fsp3) is 0.167. The third-order valence-electron chi connectivity index (χ3n) is 3.61. The number of halogens is 1. The number of carbonyl (C=O) groups is 2. The lowest BCUT2D eigenvalue weighted by Gasteiger charge is -2.07. The van der Waals surface area contributed by atoms with Gasteiger partial charge in [0, 0.05) is 29.2 Å². The fourth-order valence-electron chi connectivity index (χ4n) is 2.28. The van der Waals surface area contributed by atoms with E-state index in [2.05, 4.69) is 26.0 Å². The van der Waals surface area contributed by atoms with Gasteiger partial charge in [-0.05, 0) is 29.5 Å². The Labute approximate surface area is 160 Å². The Morgan fingerprint density at radius 2 is 1.67 bits per heavy atom. The normalized spacial score (nSPS) is 10.4. The molecule has 2 N–H and O–H groups in total. The maximum Gasteiger partial charge on any atom is 0.251 e. The van der Waals surface area contributed by atoms with Gasteiger partial charge >= 0.3 is 0 Å². The van der Waals surface area contributed by atoms with Crippen LogP contribution in [-0.4, -0.2) is 45.1 Å². The molecule has 0 radical (unpaired) electrons. The fourth-order valence-corrected chi connectivity index (χ4v) is 2.40. The number of hydrogen-bond donors (Lipinski definition) is 2. The average Bonchev–Trinajstić information content (AvgIpc) is 3.15. The summed E-state index contributed by atoms with van der Waals surface area (Å²) >= 11 is 5.78. The molecule has 1 heterocycles. The van der Waals surface area contributed by atoms with E-state index < -0.39 is 0 Å². The van der Waals surface area contributed by atoms with Crippen molar-refractivity contribution in [3.05, 3.63) is 65.2 Å². The molecule has 0 atom stereocenters. The van der Waals surface area contributed by atoms with Crippen LogP contribution in [0.15, 0.2) is 54.6 Å². The zero-order chi connectivity index (χ0) is 19.1. The number of nitrogens with one attached hydrogen (secondary N) is 2. The summed E-state index contributed by atoms with van der Waals surface area (Å²) in [6.07, 6.45) is 0. The molecule has 0 saturated carbocycles. The molecular weight excluding hydrogens is 368 g/mol. The predicted molar refractivity (Wildman–Crippen MR) is 100 cm³/mol.